The number of hydrogen-bond donors (Lipinski definition) is 0. The first-order chi connectivity index (χ1) is 12.6. The van der Waals surface area contributed by atoms with Crippen LogP contribution >= 0.6 is 0 Å². The maximum atomic E-state index is 12.7. The quantitative estimate of drug-likeness (QED) is 0.686. The van der Waals surface area contributed by atoms with Crippen molar-refractivity contribution in [1.82, 2.24) is 9.21 Å². The third kappa shape index (κ3) is 5.32. The molecule has 6 heteroatoms. The summed E-state index contributed by atoms with van der Waals surface area (Å²) in [6, 6.07) is 0. The second kappa shape index (κ2) is 9.36. The van der Waals surface area contributed by atoms with Gasteiger partial charge in [-0.2, -0.15) is 4.31 Å². The average Bonchev–Trinajstić information content (AvgIpc) is 2.60. The van der Waals surface area contributed by atoms with E-state index in [0.29, 0.717) is 31.8 Å². The first kappa shape index (κ1) is 19.9. The van der Waals surface area contributed by atoms with Crippen LogP contribution in [0.3, 0.4) is 0 Å². The van der Waals surface area contributed by atoms with Crippen LogP contribution in [0.2, 0.25) is 0 Å². The zero-order valence-corrected chi connectivity index (χ0v) is 16.8. The predicted octanol–water partition coefficient (Wildman–Crippen LogP) is 3.32. The summed E-state index contributed by atoms with van der Waals surface area (Å²) >= 11 is 0. The summed E-state index contributed by atoms with van der Waals surface area (Å²) in [5, 5.41) is 0. The summed E-state index contributed by atoms with van der Waals surface area (Å²) in [5.74, 6) is 0.838. The second-order valence-corrected chi connectivity index (χ2v) is 10.2. The molecule has 2 saturated heterocycles. The lowest BCUT2D eigenvalue weighted by Crippen LogP contribution is -2.41. The SMILES string of the molecule is O=C(CCCS(=O)(=O)N1CCC2CCCC=C2C1)N1CCCCCCC1. The predicted molar refractivity (Wildman–Crippen MR) is 104 cm³/mol. The normalized spacial score (nSPS) is 25.8. The minimum absolute atomic E-state index is 0.102. The number of hydrogen-bond acceptors (Lipinski definition) is 3. The number of allylic oxidation sites excluding steroid dienone is 1. The Morgan fingerprint density at radius 1 is 1.00 bits per heavy atom. The molecule has 1 atom stereocenters. The Labute approximate surface area is 158 Å². The maximum Gasteiger partial charge on any atom is 0.222 e. The summed E-state index contributed by atoms with van der Waals surface area (Å²) in [6.07, 6.45) is 13.4. The molecule has 0 bridgehead atoms. The van der Waals surface area contributed by atoms with Crippen LogP contribution in [0, 0.1) is 5.92 Å². The highest BCUT2D eigenvalue weighted by Gasteiger charge is 2.31. The molecule has 0 aromatic carbocycles. The second-order valence-electron chi connectivity index (χ2n) is 8.10. The molecule has 2 fully saturated rings. The molecule has 3 rings (SSSR count). The number of rotatable bonds is 5. The molecule has 26 heavy (non-hydrogen) atoms. The van der Waals surface area contributed by atoms with Crippen molar-refractivity contribution in [2.24, 2.45) is 5.92 Å². The maximum absolute atomic E-state index is 12.7. The number of amides is 1. The van der Waals surface area contributed by atoms with Crippen molar-refractivity contribution in [2.75, 3.05) is 31.9 Å². The minimum Gasteiger partial charge on any atom is -0.343 e. The van der Waals surface area contributed by atoms with Crippen LogP contribution in [0.25, 0.3) is 0 Å². The molecular formula is C20H34N2O3S. The molecule has 0 N–H and O–H groups in total. The van der Waals surface area contributed by atoms with E-state index in [-0.39, 0.29) is 11.7 Å². The smallest absolute Gasteiger partial charge is 0.222 e. The van der Waals surface area contributed by atoms with Gasteiger partial charge in [-0.3, -0.25) is 4.79 Å². The van der Waals surface area contributed by atoms with E-state index >= 15 is 0 Å². The lowest BCUT2D eigenvalue weighted by Gasteiger charge is -2.35. The van der Waals surface area contributed by atoms with Crippen molar-refractivity contribution in [3.8, 4) is 0 Å². The van der Waals surface area contributed by atoms with Crippen molar-refractivity contribution in [1.29, 1.82) is 0 Å². The van der Waals surface area contributed by atoms with Crippen LogP contribution in [-0.2, 0) is 14.8 Å². The van der Waals surface area contributed by atoms with Gasteiger partial charge in [-0.05, 0) is 50.9 Å². The third-order valence-corrected chi connectivity index (χ3v) is 8.07. The molecule has 1 aliphatic carbocycles. The average molecular weight is 383 g/mol. The van der Waals surface area contributed by atoms with Crippen molar-refractivity contribution in [3.05, 3.63) is 11.6 Å². The standard InChI is InChI=1S/C20H34N2O3S/c23-20(21-13-6-2-1-3-7-14-21)11-8-16-26(24,25)22-15-12-18-9-4-5-10-19(18)17-22/h10,18H,1-9,11-17H2. The Hall–Kier alpha value is -0.880. The van der Waals surface area contributed by atoms with Crippen LogP contribution < -0.4 is 0 Å². The number of fused-ring (bicyclic) bond motifs is 1. The molecule has 0 aromatic heterocycles. The van der Waals surface area contributed by atoms with E-state index < -0.39 is 10.0 Å². The molecule has 148 valence electrons. The van der Waals surface area contributed by atoms with Gasteiger partial charge in [0.2, 0.25) is 15.9 Å². The molecule has 0 aromatic rings. The highest BCUT2D eigenvalue weighted by Crippen LogP contribution is 2.33. The zero-order valence-electron chi connectivity index (χ0n) is 16.0. The van der Waals surface area contributed by atoms with Gasteiger partial charge in [-0.25, -0.2) is 8.42 Å². The number of nitrogens with zero attached hydrogens (tertiary/aromatic N) is 2. The van der Waals surface area contributed by atoms with Crippen molar-refractivity contribution >= 4 is 15.9 Å². The highest BCUT2D eigenvalue weighted by molar-refractivity contribution is 7.89. The van der Waals surface area contributed by atoms with E-state index in [4.69, 9.17) is 0 Å². The molecule has 0 saturated carbocycles. The lowest BCUT2D eigenvalue weighted by molar-refractivity contribution is -0.131. The van der Waals surface area contributed by atoms with E-state index in [0.717, 1.165) is 38.8 Å². The summed E-state index contributed by atoms with van der Waals surface area (Å²) < 4.78 is 27.0. The Balaban J connectivity index is 1.45. The topological polar surface area (TPSA) is 57.7 Å². The van der Waals surface area contributed by atoms with Crippen LogP contribution in [0.15, 0.2) is 11.6 Å². The van der Waals surface area contributed by atoms with Gasteiger partial charge >= 0.3 is 0 Å². The molecular weight excluding hydrogens is 348 g/mol. The van der Waals surface area contributed by atoms with Crippen molar-refractivity contribution < 1.29 is 13.2 Å². The van der Waals surface area contributed by atoms with E-state index in [2.05, 4.69) is 6.08 Å². The number of carbonyl (C=O) groups excluding carboxylic acids is 1. The van der Waals surface area contributed by atoms with Gasteiger partial charge in [0.15, 0.2) is 0 Å². The first-order valence-electron chi connectivity index (χ1n) is 10.5. The summed E-state index contributed by atoms with van der Waals surface area (Å²) in [6.45, 7) is 2.90. The van der Waals surface area contributed by atoms with Gasteiger partial charge < -0.3 is 4.90 Å². The Morgan fingerprint density at radius 2 is 1.73 bits per heavy atom. The van der Waals surface area contributed by atoms with Gasteiger partial charge in [0.1, 0.15) is 0 Å². The van der Waals surface area contributed by atoms with E-state index in [1.165, 1.54) is 37.7 Å². The summed E-state index contributed by atoms with van der Waals surface area (Å²) in [4.78, 5) is 14.4. The number of carbonyl (C=O) groups is 1. The third-order valence-electron chi connectivity index (χ3n) is 6.17. The molecule has 2 heterocycles. The first-order valence-corrected chi connectivity index (χ1v) is 12.1. The fourth-order valence-corrected chi connectivity index (χ4v) is 6.03. The molecule has 3 aliphatic rings. The fourth-order valence-electron chi connectivity index (χ4n) is 4.54. The van der Waals surface area contributed by atoms with E-state index in [1.54, 1.807) is 4.31 Å². The molecule has 2 aliphatic heterocycles. The Kier molecular flexibility index (Phi) is 7.15. The van der Waals surface area contributed by atoms with Crippen LogP contribution in [0.4, 0.5) is 0 Å². The molecule has 0 radical (unpaired) electrons. The fraction of sp³-hybridized carbons (Fsp3) is 0.850. The van der Waals surface area contributed by atoms with Gasteiger partial charge in [0.25, 0.3) is 0 Å². The number of likely N-dealkylation sites (tertiary alicyclic amines) is 1. The van der Waals surface area contributed by atoms with Gasteiger partial charge in [-0.1, -0.05) is 30.9 Å². The lowest BCUT2D eigenvalue weighted by atomic mass is 9.83. The summed E-state index contributed by atoms with van der Waals surface area (Å²) in [5.41, 5.74) is 1.32. The monoisotopic (exact) mass is 382 g/mol. The van der Waals surface area contributed by atoms with E-state index in [9.17, 15) is 13.2 Å². The van der Waals surface area contributed by atoms with Crippen LogP contribution in [-0.4, -0.2) is 55.5 Å². The molecule has 0 spiro atoms. The summed E-state index contributed by atoms with van der Waals surface area (Å²) in [7, 11) is -3.25. The zero-order chi connectivity index (χ0) is 18.4. The van der Waals surface area contributed by atoms with Crippen LogP contribution in [0.5, 0.6) is 0 Å². The Bertz CT molecular complexity index is 607. The largest absolute Gasteiger partial charge is 0.343 e. The van der Waals surface area contributed by atoms with Gasteiger partial charge in [0.05, 0.1) is 5.75 Å². The molecule has 5 nitrogen and oxygen atoms in total. The number of piperidine rings is 1. The Morgan fingerprint density at radius 3 is 2.50 bits per heavy atom. The van der Waals surface area contributed by atoms with Crippen molar-refractivity contribution in [2.45, 2.75) is 70.6 Å². The van der Waals surface area contributed by atoms with E-state index in [1.807, 2.05) is 4.90 Å². The van der Waals surface area contributed by atoms with Crippen molar-refractivity contribution in [3.63, 3.8) is 0 Å². The van der Waals surface area contributed by atoms with Crippen LogP contribution in [0.1, 0.15) is 70.6 Å². The number of sulfonamides is 1. The van der Waals surface area contributed by atoms with Gasteiger partial charge in [0, 0.05) is 32.6 Å². The molecule has 1 amide bonds. The van der Waals surface area contributed by atoms with Gasteiger partial charge in [-0.15, -0.1) is 0 Å². The minimum atomic E-state index is -3.25. The molecule has 1 unspecified atom stereocenters. The highest BCUT2D eigenvalue weighted by atomic mass is 32.2.